The van der Waals surface area contributed by atoms with Crippen molar-refractivity contribution in [1.82, 2.24) is 24.1 Å². The van der Waals surface area contributed by atoms with Crippen LogP contribution in [0.5, 0.6) is 11.5 Å². The third-order valence-electron chi connectivity index (χ3n) is 16.7. The number of hydrogen-bond acceptors (Lipinski definition) is 5. The number of pyridine rings is 1. The van der Waals surface area contributed by atoms with Gasteiger partial charge in [0.1, 0.15) is 34.3 Å². The maximum atomic E-state index is 7.28. The molecule has 83 heavy (non-hydrogen) atoms. The molecule has 0 amide bonds. The second-order valence-electron chi connectivity index (χ2n) is 23.6. The van der Waals surface area contributed by atoms with Crippen LogP contribution in [-0.4, -0.2) is 24.1 Å². The number of aromatic nitrogens is 5. The SMILES string of the molecule is Cc1ccc2ccc3cc4c(cc3c2n1)oc1c(-c2nc3ccccc3n2-c2c(C(C)C)cc(-c3ccccc3)cc2C(C)C)cc(Oc2cccc(-c3nc5ccccc5n3-c3c(C(C)C)cc(-c5ccccc5)cc3C(C)C)c2)cc14. The third-order valence-corrected chi connectivity index (χ3v) is 16.7. The van der Waals surface area contributed by atoms with Crippen molar-refractivity contribution >= 4 is 65.7 Å². The number of imidazole rings is 2. The molecule has 0 aliphatic rings. The van der Waals surface area contributed by atoms with Crippen molar-refractivity contribution in [3.63, 3.8) is 0 Å². The zero-order valence-corrected chi connectivity index (χ0v) is 48.5. The minimum atomic E-state index is 0.184. The third kappa shape index (κ3) is 8.94. The van der Waals surface area contributed by atoms with Gasteiger partial charge in [-0.05, 0) is 171 Å². The quantitative estimate of drug-likeness (QED) is 0.114. The van der Waals surface area contributed by atoms with Gasteiger partial charge in [0, 0.05) is 32.8 Å². The van der Waals surface area contributed by atoms with Crippen LogP contribution in [0.1, 0.15) is 107 Å². The van der Waals surface area contributed by atoms with Gasteiger partial charge in [-0.15, -0.1) is 0 Å². The van der Waals surface area contributed by atoms with Crippen molar-refractivity contribution in [3.05, 3.63) is 234 Å². The first kappa shape index (κ1) is 51.5. The summed E-state index contributed by atoms with van der Waals surface area (Å²) in [5, 5.41) is 5.12. The molecule has 0 N–H and O–H groups in total. The Morgan fingerprint density at radius 2 is 0.892 bits per heavy atom. The molecule has 7 nitrogen and oxygen atoms in total. The fourth-order valence-corrected chi connectivity index (χ4v) is 12.5. The van der Waals surface area contributed by atoms with Crippen molar-refractivity contribution in [1.29, 1.82) is 0 Å². The molecule has 0 unspecified atom stereocenters. The maximum absolute atomic E-state index is 7.28. The topological polar surface area (TPSA) is 70.9 Å². The molecule has 0 bridgehead atoms. The Morgan fingerprint density at radius 3 is 1.47 bits per heavy atom. The molecule has 7 heteroatoms. The van der Waals surface area contributed by atoms with Gasteiger partial charge in [0.15, 0.2) is 0 Å². The number of fused-ring (bicyclic) bond motifs is 8. The van der Waals surface area contributed by atoms with Gasteiger partial charge in [-0.25, -0.2) is 9.97 Å². The summed E-state index contributed by atoms with van der Waals surface area (Å²) in [6.07, 6.45) is 0. The van der Waals surface area contributed by atoms with Gasteiger partial charge >= 0.3 is 0 Å². The Balaban J connectivity index is 0.992. The van der Waals surface area contributed by atoms with E-state index in [4.69, 9.17) is 24.1 Å². The summed E-state index contributed by atoms with van der Waals surface area (Å²) in [5.41, 5.74) is 21.2. The largest absolute Gasteiger partial charge is 0.457 e. The van der Waals surface area contributed by atoms with Gasteiger partial charge < -0.3 is 9.15 Å². The lowest BCUT2D eigenvalue weighted by atomic mass is 9.88. The molecular weight excluding hydrogens is 1010 g/mol. The van der Waals surface area contributed by atoms with Crippen LogP contribution in [0.4, 0.5) is 0 Å². The fraction of sp³-hybridized carbons (Fsp3) is 0.171. The molecule has 4 heterocycles. The van der Waals surface area contributed by atoms with Crippen molar-refractivity contribution in [2.45, 2.75) is 86.0 Å². The first-order chi connectivity index (χ1) is 40.3. The monoisotopic (exact) mass is 1080 g/mol. The number of para-hydroxylation sites is 4. The summed E-state index contributed by atoms with van der Waals surface area (Å²) in [4.78, 5) is 16.1. The molecule has 0 atom stereocenters. The van der Waals surface area contributed by atoms with Crippen LogP contribution in [-0.2, 0) is 0 Å². The summed E-state index contributed by atoms with van der Waals surface area (Å²) in [7, 11) is 0. The number of rotatable bonds is 12. The second-order valence-corrected chi connectivity index (χ2v) is 23.6. The molecule has 0 saturated carbocycles. The van der Waals surface area contributed by atoms with Crippen LogP contribution in [0.25, 0.3) is 122 Å². The van der Waals surface area contributed by atoms with E-state index in [2.05, 4.69) is 265 Å². The Morgan fingerprint density at radius 1 is 0.386 bits per heavy atom. The molecule has 10 aromatic carbocycles. The fourth-order valence-electron chi connectivity index (χ4n) is 12.5. The van der Waals surface area contributed by atoms with E-state index in [1.807, 2.05) is 13.0 Å². The number of hydrogen-bond donors (Lipinski definition) is 0. The maximum Gasteiger partial charge on any atom is 0.149 e. The van der Waals surface area contributed by atoms with E-state index in [0.29, 0.717) is 11.5 Å². The van der Waals surface area contributed by atoms with Crippen LogP contribution in [0.2, 0.25) is 0 Å². The van der Waals surface area contributed by atoms with E-state index in [9.17, 15) is 0 Å². The van der Waals surface area contributed by atoms with Crippen LogP contribution < -0.4 is 4.74 Å². The lowest BCUT2D eigenvalue weighted by Crippen LogP contribution is -2.09. The van der Waals surface area contributed by atoms with E-state index in [0.717, 1.165) is 99.8 Å². The Labute approximate surface area is 484 Å². The summed E-state index contributed by atoms with van der Waals surface area (Å²) < 4.78 is 19.3. The lowest BCUT2D eigenvalue weighted by Gasteiger charge is -2.24. The van der Waals surface area contributed by atoms with Crippen molar-refractivity contribution in [2.24, 2.45) is 0 Å². The minimum Gasteiger partial charge on any atom is -0.457 e. The van der Waals surface area contributed by atoms with Crippen LogP contribution >= 0.6 is 0 Å². The van der Waals surface area contributed by atoms with Gasteiger partial charge in [-0.2, -0.15) is 0 Å². The summed E-state index contributed by atoms with van der Waals surface area (Å²) in [6.45, 7) is 20.4. The molecule has 0 saturated heterocycles. The first-order valence-corrected chi connectivity index (χ1v) is 29.3. The van der Waals surface area contributed by atoms with Crippen molar-refractivity contribution < 1.29 is 9.15 Å². The van der Waals surface area contributed by atoms with Gasteiger partial charge in [0.25, 0.3) is 0 Å². The number of benzene rings is 10. The zero-order valence-electron chi connectivity index (χ0n) is 48.5. The van der Waals surface area contributed by atoms with E-state index >= 15 is 0 Å². The molecule has 0 aliphatic heterocycles. The number of nitrogens with zero attached hydrogens (tertiary/aromatic N) is 5. The highest BCUT2D eigenvalue weighted by atomic mass is 16.5. The predicted octanol–water partition coefficient (Wildman–Crippen LogP) is 21.2. The molecule has 406 valence electrons. The highest BCUT2D eigenvalue weighted by Gasteiger charge is 2.28. The smallest absolute Gasteiger partial charge is 0.149 e. The molecule has 14 rings (SSSR count). The predicted molar refractivity (Wildman–Crippen MR) is 345 cm³/mol. The molecule has 4 aromatic heterocycles. The normalized spacial score (nSPS) is 12.1. The lowest BCUT2D eigenvalue weighted by molar-refractivity contribution is 0.483. The van der Waals surface area contributed by atoms with Gasteiger partial charge in [-0.1, -0.05) is 171 Å². The Bertz CT molecular complexity index is 4790. The molecule has 0 fully saturated rings. The van der Waals surface area contributed by atoms with E-state index in [-0.39, 0.29) is 23.7 Å². The van der Waals surface area contributed by atoms with Crippen molar-refractivity contribution in [2.75, 3.05) is 0 Å². The van der Waals surface area contributed by atoms with E-state index in [1.54, 1.807) is 0 Å². The molecule has 0 radical (unpaired) electrons. The van der Waals surface area contributed by atoms with Gasteiger partial charge in [0.2, 0.25) is 0 Å². The molecular formula is C76H65N5O2. The summed E-state index contributed by atoms with van der Waals surface area (Å²) in [5.74, 6) is 3.78. The van der Waals surface area contributed by atoms with Crippen LogP contribution in [0.3, 0.4) is 0 Å². The minimum absolute atomic E-state index is 0.184. The van der Waals surface area contributed by atoms with E-state index in [1.165, 1.54) is 50.2 Å². The average molecular weight is 1080 g/mol. The first-order valence-electron chi connectivity index (χ1n) is 29.3. The molecule has 0 spiro atoms. The van der Waals surface area contributed by atoms with Gasteiger partial charge in [-0.3, -0.25) is 14.1 Å². The Hall–Kier alpha value is -9.59. The second kappa shape index (κ2) is 20.4. The molecule has 14 aromatic rings. The standard InChI is InChI=1S/C76H65N5O2/c1-44(2)58-37-54(49-21-12-10-13-22-49)38-59(45(3)4)72(58)80-68-29-18-16-27-66(68)78-75(80)53-25-20-26-56(35-53)82-57-41-64-63-36-52-34-33-51-32-31-48(9)77-71(51)62(52)43-70(63)83-74(64)65(42-57)76-79-67-28-17-19-30-69(67)81(76)73-60(46(5)6)39-55(40-61(73)47(7)8)50-23-14-11-15-24-50/h10-47H,1-9H3. The highest BCUT2D eigenvalue weighted by Crippen LogP contribution is 2.47. The van der Waals surface area contributed by atoms with E-state index < -0.39 is 0 Å². The summed E-state index contributed by atoms with van der Waals surface area (Å²) in [6, 6.07) is 73.7. The van der Waals surface area contributed by atoms with Crippen LogP contribution in [0, 0.1) is 6.92 Å². The number of furan rings is 1. The highest BCUT2D eigenvalue weighted by molar-refractivity contribution is 6.17. The summed E-state index contributed by atoms with van der Waals surface area (Å²) >= 11 is 0. The number of aryl methyl sites for hydroxylation is 1. The number of ether oxygens (including phenoxy) is 1. The van der Waals surface area contributed by atoms with Gasteiger partial charge in [0.05, 0.1) is 44.5 Å². The Kier molecular flexibility index (Phi) is 12.7. The average Bonchev–Trinajstić information content (AvgIpc) is 2.85. The zero-order chi connectivity index (χ0) is 56.8. The molecule has 0 aliphatic carbocycles. The van der Waals surface area contributed by atoms with Crippen molar-refractivity contribution in [3.8, 4) is 67.9 Å². The van der Waals surface area contributed by atoms with Crippen LogP contribution in [0.15, 0.2) is 211 Å².